The highest BCUT2D eigenvalue weighted by Gasteiger charge is 2.11. The predicted molar refractivity (Wildman–Crippen MR) is 74.6 cm³/mol. The fourth-order valence-corrected chi connectivity index (χ4v) is 2.99. The van der Waals surface area contributed by atoms with Gasteiger partial charge in [-0.1, -0.05) is 5.16 Å². The van der Waals surface area contributed by atoms with Crippen LogP contribution in [-0.2, 0) is 13.1 Å². The first kappa shape index (κ1) is 12.9. The van der Waals surface area contributed by atoms with Crippen molar-refractivity contribution in [2.75, 3.05) is 0 Å². The molecule has 0 atom stereocenters. The van der Waals surface area contributed by atoms with Gasteiger partial charge in [0, 0.05) is 4.88 Å². The third-order valence-corrected chi connectivity index (χ3v) is 4.17. The summed E-state index contributed by atoms with van der Waals surface area (Å²) in [6.45, 7) is 4.84. The summed E-state index contributed by atoms with van der Waals surface area (Å²) in [4.78, 5) is 25.1. The number of H-pyrrole nitrogens is 1. The summed E-state index contributed by atoms with van der Waals surface area (Å²) in [6.07, 6.45) is 1.28. The van der Waals surface area contributed by atoms with E-state index in [9.17, 15) is 4.79 Å². The minimum atomic E-state index is -0.0896. The summed E-state index contributed by atoms with van der Waals surface area (Å²) in [5.74, 6) is 1.17. The highest BCUT2D eigenvalue weighted by Crippen LogP contribution is 2.25. The summed E-state index contributed by atoms with van der Waals surface area (Å²) >= 11 is 1.54. The number of aromatic amines is 1. The van der Waals surface area contributed by atoms with Crippen molar-refractivity contribution in [2.45, 2.75) is 26.9 Å². The van der Waals surface area contributed by atoms with Gasteiger partial charge >= 0.3 is 0 Å². The predicted octanol–water partition coefficient (Wildman–Crippen LogP) is 1.27. The van der Waals surface area contributed by atoms with E-state index in [2.05, 4.69) is 29.9 Å². The molecule has 0 aliphatic carbocycles. The number of thiophene rings is 1. The molecular weight excluding hydrogens is 278 g/mol. The van der Waals surface area contributed by atoms with Crippen molar-refractivity contribution in [3.8, 4) is 0 Å². The lowest BCUT2D eigenvalue weighted by molar-refractivity contribution is 0.407. The molecule has 2 N–H and O–H groups in total. The van der Waals surface area contributed by atoms with E-state index < -0.39 is 0 Å². The van der Waals surface area contributed by atoms with Gasteiger partial charge in [0.2, 0.25) is 6.39 Å². The highest BCUT2D eigenvalue weighted by molar-refractivity contribution is 7.18. The Morgan fingerprint density at radius 2 is 2.25 bits per heavy atom. The lowest BCUT2D eigenvalue weighted by Gasteiger charge is -2.01. The second-order valence-corrected chi connectivity index (χ2v) is 5.63. The number of rotatable bonds is 4. The first-order valence-corrected chi connectivity index (χ1v) is 6.91. The molecule has 3 rings (SSSR count). The van der Waals surface area contributed by atoms with E-state index in [0.29, 0.717) is 30.1 Å². The van der Waals surface area contributed by atoms with Gasteiger partial charge in [-0.15, -0.1) is 11.3 Å². The SMILES string of the molecule is Cc1sc2nc(CNCc3ncon3)[nH]c(=O)c2c1C. The molecule has 0 aromatic carbocycles. The minimum absolute atomic E-state index is 0.0896. The average molecular weight is 291 g/mol. The number of fused-ring (bicyclic) bond motifs is 1. The van der Waals surface area contributed by atoms with E-state index in [0.717, 1.165) is 15.3 Å². The number of nitrogens with zero attached hydrogens (tertiary/aromatic N) is 3. The van der Waals surface area contributed by atoms with Crippen LogP contribution in [0.5, 0.6) is 0 Å². The lowest BCUT2D eigenvalue weighted by atomic mass is 10.2. The van der Waals surface area contributed by atoms with Crippen LogP contribution in [0.2, 0.25) is 0 Å². The van der Waals surface area contributed by atoms with Gasteiger partial charge in [-0.25, -0.2) is 4.98 Å². The van der Waals surface area contributed by atoms with Crippen LogP contribution in [0, 0.1) is 13.8 Å². The molecule has 7 nitrogen and oxygen atoms in total. The molecule has 20 heavy (non-hydrogen) atoms. The number of nitrogens with one attached hydrogen (secondary N) is 2. The van der Waals surface area contributed by atoms with Crippen LogP contribution < -0.4 is 10.9 Å². The average Bonchev–Trinajstić information content (AvgIpc) is 2.99. The van der Waals surface area contributed by atoms with E-state index in [1.54, 1.807) is 0 Å². The third kappa shape index (κ3) is 2.35. The molecule has 104 valence electrons. The molecule has 0 radical (unpaired) electrons. The number of aryl methyl sites for hydroxylation is 2. The zero-order valence-corrected chi connectivity index (χ0v) is 11.9. The zero-order chi connectivity index (χ0) is 14.1. The Kier molecular flexibility index (Phi) is 3.33. The van der Waals surface area contributed by atoms with Gasteiger partial charge in [-0.2, -0.15) is 4.98 Å². The van der Waals surface area contributed by atoms with Gasteiger partial charge in [0.25, 0.3) is 5.56 Å². The Morgan fingerprint density at radius 1 is 1.40 bits per heavy atom. The van der Waals surface area contributed by atoms with Gasteiger partial charge in [0.15, 0.2) is 5.82 Å². The third-order valence-electron chi connectivity index (χ3n) is 3.07. The Balaban J connectivity index is 1.80. The quantitative estimate of drug-likeness (QED) is 0.751. The molecule has 3 aromatic heterocycles. The first-order chi connectivity index (χ1) is 9.65. The Bertz CT molecular complexity index is 790. The zero-order valence-electron chi connectivity index (χ0n) is 11.1. The molecule has 8 heteroatoms. The van der Waals surface area contributed by atoms with E-state index in [4.69, 9.17) is 0 Å². The van der Waals surface area contributed by atoms with Crippen molar-refractivity contribution in [1.29, 1.82) is 0 Å². The van der Waals surface area contributed by atoms with Gasteiger partial charge in [-0.3, -0.25) is 4.79 Å². The van der Waals surface area contributed by atoms with Crippen LogP contribution in [0.4, 0.5) is 0 Å². The molecule has 0 aliphatic heterocycles. The maximum absolute atomic E-state index is 12.1. The van der Waals surface area contributed by atoms with Crippen LogP contribution in [-0.4, -0.2) is 20.1 Å². The normalized spacial score (nSPS) is 11.3. The van der Waals surface area contributed by atoms with E-state index in [1.807, 2.05) is 13.8 Å². The molecule has 3 heterocycles. The summed E-state index contributed by atoms with van der Waals surface area (Å²) in [5, 5.41) is 7.48. The van der Waals surface area contributed by atoms with Gasteiger partial charge in [0.05, 0.1) is 18.5 Å². The van der Waals surface area contributed by atoms with Gasteiger partial charge in [-0.05, 0) is 19.4 Å². The van der Waals surface area contributed by atoms with Crippen LogP contribution >= 0.6 is 11.3 Å². The van der Waals surface area contributed by atoms with E-state index in [-0.39, 0.29) is 5.56 Å². The lowest BCUT2D eigenvalue weighted by Crippen LogP contribution is -2.19. The first-order valence-electron chi connectivity index (χ1n) is 6.10. The van der Waals surface area contributed by atoms with E-state index in [1.165, 1.54) is 17.7 Å². The summed E-state index contributed by atoms with van der Waals surface area (Å²) in [6, 6.07) is 0. The Morgan fingerprint density at radius 3 is 3.00 bits per heavy atom. The summed E-state index contributed by atoms with van der Waals surface area (Å²) < 4.78 is 4.64. The number of aromatic nitrogens is 4. The topological polar surface area (TPSA) is 96.7 Å². The van der Waals surface area contributed by atoms with Crippen LogP contribution in [0.3, 0.4) is 0 Å². The van der Waals surface area contributed by atoms with Crippen LogP contribution in [0.25, 0.3) is 10.2 Å². The largest absolute Gasteiger partial charge is 0.343 e. The minimum Gasteiger partial charge on any atom is -0.343 e. The maximum Gasteiger partial charge on any atom is 0.259 e. The van der Waals surface area contributed by atoms with E-state index >= 15 is 0 Å². The standard InChI is InChI=1S/C12H13N5O2S/c1-6-7(2)20-12-10(6)11(18)15-9(16-12)4-13-3-8-14-5-19-17-8/h5,13H,3-4H2,1-2H3,(H,15,16,18). The summed E-state index contributed by atoms with van der Waals surface area (Å²) in [5.41, 5.74) is 0.915. The molecule has 3 aromatic rings. The molecule has 0 saturated heterocycles. The maximum atomic E-state index is 12.1. The van der Waals surface area contributed by atoms with Crippen molar-refractivity contribution in [1.82, 2.24) is 25.4 Å². The number of hydrogen-bond donors (Lipinski definition) is 2. The molecule has 0 unspecified atom stereocenters. The second kappa shape index (κ2) is 5.14. The molecule has 0 saturated carbocycles. The smallest absolute Gasteiger partial charge is 0.259 e. The molecular formula is C12H13N5O2S. The van der Waals surface area contributed by atoms with Gasteiger partial charge in [0.1, 0.15) is 10.7 Å². The fourth-order valence-electron chi connectivity index (χ4n) is 1.95. The Hall–Kier alpha value is -2.06. The van der Waals surface area contributed by atoms with Crippen molar-refractivity contribution in [3.05, 3.63) is 38.8 Å². The monoisotopic (exact) mass is 291 g/mol. The Labute approximate surface area is 118 Å². The molecule has 0 amide bonds. The van der Waals surface area contributed by atoms with Crippen LogP contribution in [0.1, 0.15) is 22.1 Å². The van der Waals surface area contributed by atoms with Gasteiger partial charge < -0.3 is 14.8 Å². The fraction of sp³-hybridized carbons (Fsp3) is 0.333. The van der Waals surface area contributed by atoms with Crippen molar-refractivity contribution in [3.63, 3.8) is 0 Å². The van der Waals surface area contributed by atoms with Crippen molar-refractivity contribution >= 4 is 21.6 Å². The van der Waals surface area contributed by atoms with Crippen molar-refractivity contribution < 1.29 is 4.52 Å². The second-order valence-electron chi connectivity index (χ2n) is 4.43. The van der Waals surface area contributed by atoms with Crippen molar-refractivity contribution in [2.24, 2.45) is 0 Å². The molecule has 0 spiro atoms. The number of hydrogen-bond acceptors (Lipinski definition) is 7. The highest BCUT2D eigenvalue weighted by atomic mass is 32.1. The summed E-state index contributed by atoms with van der Waals surface area (Å²) in [7, 11) is 0. The molecule has 0 aliphatic rings. The molecule has 0 fully saturated rings. The van der Waals surface area contributed by atoms with Crippen LogP contribution in [0.15, 0.2) is 15.7 Å². The molecule has 0 bridgehead atoms.